The van der Waals surface area contributed by atoms with Gasteiger partial charge >= 0.3 is 0 Å². The molecular weight excluding hydrogens is 725 g/mol. The lowest BCUT2D eigenvalue weighted by molar-refractivity contribution is 0.669. The summed E-state index contributed by atoms with van der Waals surface area (Å²) in [5.74, 6) is 1.64. The number of aromatic nitrogens is 4. The van der Waals surface area contributed by atoms with Crippen LogP contribution < -0.4 is 0 Å². The van der Waals surface area contributed by atoms with Crippen LogP contribution in [0.3, 0.4) is 0 Å². The molecule has 0 radical (unpaired) electrons. The summed E-state index contributed by atoms with van der Waals surface area (Å²) in [4.78, 5) is 15.9. The van der Waals surface area contributed by atoms with Crippen LogP contribution in [-0.4, -0.2) is 19.5 Å². The lowest BCUT2D eigenvalue weighted by atomic mass is 9.93. The maximum absolute atomic E-state index is 6.83. The third kappa shape index (κ3) is 4.77. The predicted octanol–water partition coefficient (Wildman–Crippen LogP) is 14.1. The van der Waals surface area contributed by atoms with Crippen LogP contribution in [0, 0.1) is 0 Å². The Labute approximate surface area is 336 Å². The Kier molecular flexibility index (Phi) is 6.63. The fourth-order valence-corrected chi connectivity index (χ4v) is 9.13. The molecule has 0 N–H and O–H groups in total. The van der Waals surface area contributed by atoms with Crippen molar-refractivity contribution in [3.8, 4) is 39.9 Å². The lowest BCUT2D eigenvalue weighted by Gasteiger charge is -2.14. The highest BCUT2D eigenvalue weighted by Crippen LogP contribution is 2.46. The van der Waals surface area contributed by atoms with Crippen molar-refractivity contribution < 1.29 is 8.83 Å². The van der Waals surface area contributed by atoms with Gasteiger partial charge in [0.15, 0.2) is 11.6 Å². The molecule has 0 saturated carbocycles. The predicted molar refractivity (Wildman–Crippen MR) is 240 cm³/mol. The highest BCUT2D eigenvalue weighted by Gasteiger charge is 2.25. The molecule has 0 aliphatic carbocycles. The van der Waals surface area contributed by atoms with Crippen molar-refractivity contribution in [1.29, 1.82) is 0 Å². The Morgan fingerprint density at radius 1 is 0.373 bits per heavy atom. The zero-order chi connectivity index (χ0) is 38.6. The molecule has 0 unspecified atom stereocenters. The topological polar surface area (TPSA) is 69.9 Å². The summed E-state index contributed by atoms with van der Waals surface area (Å²) in [5, 5.41) is 11.0. The monoisotopic (exact) mass is 754 g/mol. The molecule has 0 saturated heterocycles. The molecule has 274 valence electrons. The minimum atomic E-state index is 0.516. The molecule has 0 atom stereocenters. The molecule has 6 heteroatoms. The number of hydrogen-bond donors (Lipinski definition) is 0. The van der Waals surface area contributed by atoms with Crippen LogP contribution in [0.2, 0.25) is 0 Å². The van der Waals surface area contributed by atoms with Gasteiger partial charge in [-0.2, -0.15) is 9.97 Å². The zero-order valence-corrected chi connectivity index (χ0v) is 31.4. The Bertz CT molecular complexity index is 3860. The van der Waals surface area contributed by atoms with Gasteiger partial charge in [-0.1, -0.05) is 140 Å². The average Bonchev–Trinajstić information content (AvgIpc) is 3.96. The zero-order valence-electron chi connectivity index (χ0n) is 31.4. The van der Waals surface area contributed by atoms with E-state index < -0.39 is 0 Å². The van der Waals surface area contributed by atoms with Crippen molar-refractivity contribution in [2.24, 2.45) is 0 Å². The van der Waals surface area contributed by atoms with Gasteiger partial charge in [-0.15, -0.1) is 0 Å². The van der Waals surface area contributed by atoms with E-state index in [2.05, 4.69) is 120 Å². The van der Waals surface area contributed by atoms with Crippen LogP contribution in [0.25, 0.3) is 127 Å². The molecule has 6 nitrogen and oxygen atoms in total. The van der Waals surface area contributed by atoms with Gasteiger partial charge in [0.2, 0.25) is 5.95 Å². The molecule has 4 heterocycles. The van der Waals surface area contributed by atoms with Crippen LogP contribution in [0.1, 0.15) is 0 Å². The number of furan rings is 2. The first kappa shape index (κ1) is 32.0. The van der Waals surface area contributed by atoms with E-state index in [1.54, 1.807) is 0 Å². The van der Waals surface area contributed by atoms with E-state index in [1.807, 2.05) is 66.7 Å². The third-order valence-corrected chi connectivity index (χ3v) is 11.8. The second kappa shape index (κ2) is 12.2. The molecule has 13 aromatic rings. The van der Waals surface area contributed by atoms with E-state index in [0.29, 0.717) is 17.6 Å². The highest BCUT2D eigenvalue weighted by atomic mass is 16.3. The van der Waals surface area contributed by atoms with E-state index in [1.165, 1.54) is 0 Å². The van der Waals surface area contributed by atoms with E-state index in [4.69, 9.17) is 23.8 Å². The minimum absolute atomic E-state index is 0.516. The van der Waals surface area contributed by atoms with E-state index in [9.17, 15) is 0 Å². The Morgan fingerprint density at radius 3 is 1.80 bits per heavy atom. The normalized spacial score (nSPS) is 12.1. The number of rotatable bonds is 4. The number of nitrogens with zero attached hydrogens (tertiary/aromatic N) is 4. The van der Waals surface area contributed by atoms with Crippen molar-refractivity contribution >= 4 is 87.2 Å². The second-order valence-electron chi connectivity index (χ2n) is 15.2. The summed E-state index contributed by atoms with van der Waals surface area (Å²) in [6.07, 6.45) is 0. The molecule has 0 spiro atoms. The molecule has 0 fully saturated rings. The number of benzene rings is 9. The Morgan fingerprint density at radius 2 is 0.983 bits per heavy atom. The van der Waals surface area contributed by atoms with Gasteiger partial charge in [0.25, 0.3) is 0 Å². The molecule has 9 aromatic carbocycles. The lowest BCUT2D eigenvalue weighted by Crippen LogP contribution is -2.07. The van der Waals surface area contributed by atoms with Gasteiger partial charge in [0, 0.05) is 54.6 Å². The first-order valence-electron chi connectivity index (χ1n) is 19.8. The maximum atomic E-state index is 6.83. The van der Waals surface area contributed by atoms with Gasteiger partial charge in [-0.3, -0.25) is 4.57 Å². The van der Waals surface area contributed by atoms with Gasteiger partial charge < -0.3 is 8.83 Å². The van der Waals surface area contributed by atoms with Crippen molar-refractivity contribution in [3.63, 3.8) is 0 Å². The molecule has 13 rings (SSSR count). The van der Waals surface area contributed by atoms with Crippen LogP contribution >= 0.6 is 0 Å². The molecule has 0 aliphatic heterocycles. The summed E-state index contributed by atoms with van der Waals surface area (Å²) in [6, 6.07) is 63.3. The molecule has 4 aromatic heterocycles. The summed E-state index contributed by atoms with van der Waals surface area (Å²) in [7, 11) is 0. The van der Waals surface area contributed by atoms with Crippen molar-refractivity contribution in [3.05, 3.63) is 182 Å². The summed E-state index contributed by atoms with van der Waals surface area (Å²) in [6.45, 7) is 0. The summed E-state index contributed by atoms with van der Waals surface area (Å²) < 4.78 is 15.4. The standard InChI is InChI=1S/C53H30N4O2/c1-2-13-31(14-3-1)51-54-52(35-25-26-39-37-19-8-10-23-45(37)58-47(39)30-35)56-53(55-51)57-44-29-33-16-5-4-15-32(33)27-42(44)40-21-12-22-41(49(40)57)48-36-18-7-6-17-34(36)28-43-38-20-9-11-24-46(38)59-50(43)48/h1-30H. The Balaban J connectivity index is 1.17. The van der Waals surface area contributed by atoms with Crippen LogP contribution in [0.5, 0.6) is 0 Å². The summed E-state index contributed by atoms with van der Waals surface area (Å²) in [5.41, 5.74) is 9.09. The van der Waals surface area contributed by atoms with E-state index >= 15 is 0 Å². The maximum Gasteiger partial charge on any atom is 0.238 e. The van der Waals surface area contributed by atoms with Gasteiger partial charge in [0.05, 0.1) is 11.0 Å². The van der Waals surface area contributed by atoms with Crippen molar-refractivity contribution in [2.75, 3.05) is 0 Å². The molecule has 59 heavy (non-hydrogen) atoms. The fraction of sp³-hybridized carbons (Fsp3) is 0. The van der Waals surface area contributed by atoms with E-state index in [-0.39, 0.29) is 0 Å². The van der Waals surface area contributed by atoms with Gasteiger partial charge in [-0.25, -0.2) is 4.98 Å². The number of hydrogen-bond acceptors (Lipinski definition) is 5. The first-order valence-corrected chi connectivity index (χ1v) is 19.8. The molecular formula is C53H30N4O2. The van der Waals surface area contributed by atoms with Crippen molar-refractivity contribution in [1.82, 2.24) is 19.5 Å². The highest BCUT2D eigenvalue weighted by molar-refractivity contribution is 6.23. The number of para-hydroxylation sites is 3. The molecule has 0 bridgehead atoms. The summed E-state index contributed by atoms with van der Waals surface area (Å²) >= 11 is 0. The largest absolute Gasteiger partial charge is 0.456 e. The van der Waals surface area contributed by atoms with Gasteiger partial charge in [0.1, 0.15) is 22.3 Å². The van der Waals surface area contributed by atoms with Crippen LogP contribution in [0.15, 0.2) is 191 Å². The molecule has 0 aliphatic rings. The molecule has 0 amide bonds. The number of fused-ring (bicyclic) bond motifs is 11. The first-order chi connectivity index (χ1) is 29.2. The minimum Gasteiger partial charge on any atom is -0.456 e. The smallest absolute Gasteiger partial charge is 0.238 e. The SMILES string of the molecule is c1ccc(-c2nc(-c3ccc4c(c3)oc3ccccc34)nc(-n3c4cc5ccccc5cc4c4cccc(-c5c6ccccc6cc6c5oc5ccccc56)c43)n2)cc1. The van der Waals surface area contributed by atoms with Crippen molar-refractivity contribution in [2.45, 2.75) is 0 Å². The fourth-order valence-electron chi connectivity index (χ4n) is 9.13. The quantitative estimate of drug-likeness (QED) is 0.179. The van der Waals surface area contributed by atoms with Crippen LogP contribution in [0.4, 0.5) is 0 Å². The van der Waals surface area contributed by atoms with E-state index in [0.717, 1.165) is 109 Å². The second-order valence-corrected chi connectivity index (χ2v) is 15.2. The third-order valence-electron chi connectivity index (χ3n) is 11.8. The van der Waals surface area contributed by atoms with Gasteiger partial charge in [-0.05, 0) is 64.0 Å². The average molecular weight is 755 g/mol. The Hall–Kier alpha value is -8.09. The van der Waals surface area contributed by atoms with Crippen LogP contribution in [-0.2, 0) is 0 Å².